The van der Waals surface area contributed by atoms with Crippen molar-refractivity contribution < 1.29 is 13.9 Å². The van der Waals surface area contributed by atoms with Crippen LogP contribution in [0.25, 0.3) is 0 Å². The molecule has 0 N–H and O–H groups in total. The van der Waals surface area contributed by atoms with Gasteiger partial charge in [-0.3, -0.25) is 4.79 Å². The predicted molar refractivity (Wildman–Crippen MR) is 47.5 cm³/mol. The molecule has 0 aliphatic rings. The summed E-state index contributed by atoms with van der Waals surface area (Å²) in [6, 6.07) is 5.11. The second-order valence-corrected chi connectivity index (χ2v) is 2.52. The quantitative estimate of drug-likeness (QED) is 0.544. The number of hydrogen-bond donors (Lipinski definition) is 0. The van der Waals surface area contributed by atoms with Crippen molar-refractivity contribution in [2.75, 3.05) is 6.61 Å². The molecular weight excluding hydrogens is 185 g/mol. The van der Waals surface area contributed by atoms with Gasteiger partial charge in [0.1, 0.15) is 6.07 Å². The third-order valence-corrected chi connectivity index (χ3v) is 1.60. The molecule has 1 rings (SSSR count). The molecule has 0 unspecified atom stereocenters. The third kappa shape index (κ3) is 2.07. The molecule has 14 heavy (non-hydrogen) atoms. The van der Waals surface area contributed by atoms with Crippen LogP contribution in [-0.2, 0) is 0 Å². The monoisotopic (exact) mass is 193 g/mol. The number of carbonyl (C=O) groups is 1. The van der Waals surface area contributed by atoms with Gasteiger partial charge in [0.15, 0.2) is 11.6 Å². The van der Waals surface area contributed by atoms with E-state index in [1.54, 1.807) is 6.92 Å². The van der Waals surface area contributed by atoms with E-state index in [-0.39, 0.29) is 11.3 Å². The topological polar surface area (TPSA) is 50.1 Å². The molecule has 0 radical (unpaired) electrons. The average Bonchev–Trinajstić information content (AvgIpc) is 2.20. The summed E-state index contributed by atoms with van der Waals surface area (Å²) in [5, 5.41) is 8.30. The number of ether oxygens (including phenoxy) is 1. The summed E-state index contributed by atoms with van der Waals surface area (Å²) in [6.45, 7) is 2.08. The summed E-state index contributed by atoms with van der Waals surface area (Å²) < 4.78 is 18.1. The maximum Gasteiger partial charge on any atom is 0.262 e. The smallest absolute Gasteiger partial charge is 0.262 e. The molecule has 0 heterocycles. The Morgan fingerprint density at radius 1 is 1.64 bits per heavy atom. The second kappa shape index (κ2) is 4.38. The lowest BCUT2D eigenvalue weighted by Crippen LogP contribution is -1.99. The number of halogens is 1. The zero-order valence-electron chi connectivity index (χ0n) is 7.58. The standard InChI is InChI=1S/C10H8FNO2/c1-2-14-10-4-3-7(5-8(10)11)9(13)6-12/h3-5H,2H2,1H3. The van der Waals surface area contributed by atoms with E-state index in [9.17, 15) is 9.18 Å². The largest absolute Gasteiger partial charge is 0.491 e. The number of carbonyl (C=O) groups excluding carboxylic acids is 1. The zero-order valence-corrected chi connectivity index (χ0v) is 7.58. The molecule has 0 spiro atoms. The summed E-state index contributed by atoms with van der Waals surface area (Å²) in [4.78, 5) is 10.9. The Hall–Kier alpha value is -1.89. The van der Waals surface area contributed by atoms with Crippen LogP contribution in [0.2, 0.25) is 0 Å². The van der Waals surface area contributed by atoms with E-state index in [0.717, 1.165) is 6.07 Å². The number of nitrogens with zero attached hydrogens (tertiary/aromatic N) is 1. The number of benzene rings is 1. The Labute approximate surface area is 80.7 Å². The van der Waals surface area contributed by atoms with Gasteiger partial charge in [-0.15, -0.1) is 0 Å². The summed E-state index contributed by atoms with van der Waals surface area (Å²) in [7, 11) is 0. The van der Waals surface area contributed by atoms with Crippen LogP contribution in [0.15, 0.2) is 18.2 Å². The minimum Gasteiger partial charge on any atom is -0.491 e. The molecule has 3 nitrogen and oxygen atoms in total. The maximum atomic E-state index is 13.1. The SMILES string of the molecule is CCOc1ccc(C(=O)C#N)cc1F. The molecule has 0 aromatic heterocycles. The fourth-order valence-corrected chi connectivity index (χ4v) is 0.979. The highest BCUT2D eigenvalue weighted by molar-refractivity contribution is 6.07. The highest BCUT2D eigenvalue weighted by atomic mass is 19.1. The first kappa shape index (κ1) is 10.2. The molecule has 0 atom stereocenters. The Morgan fingerprint density at radius 2 is 2.36 bits per heavy atom. The van der Waals surface area contributed by atoms with Crippen LogP contribution in [0.1, 0.15) is 17.3 Å². The molecule has 0 bridgehead atoms. The number of Topliss-reactive ketones (excluding diaryl/α,β-unsaturated/α-hetero) is 1. The Morgan fingerprint density at radius 3 is 2.86 bits per heavy atom. The first-order valence-corrected chi connectivity index (χ1v) is 4.05. The van der Waals surface area contributed by atoms with Crippen molar-refractivity contribution in [3.63, 3.8) is 0 Å². The third-order valence-electron chi connectivity index (χ3n) is 1.60. The molecule has 0 saturated carbocycles. The van der Waals surface area contributed by atoms with E-state index in [0.29, 0.717) is 6.61 Å². The normalized spacial score (nSPS) is 9.21. The van der Waals surface area contributed by atoms with Gasteiger partial charge in [0.2, 0.25) is 0 Å². The van der Waals surface area contributed by atoms with E-state index < -0.39 is 11.6 Å². The van der Waals surface area contributed by atoms with Crippen molar-refractivity contribution in [1.29, 1.82) is 5.26 Å². The number of nitriles is 1. The number of ketones is 1. The van der Waals surface area contributed by atoms with Gasteiger partial charge < -0.3 is 4.74 Å². The Kier molecular flexibility index (Phi) is 3.19. The van der Waals surface area contributed by atoms with Crippen molar-refractivity contribution in [2.45, 2.75) is 6.92 Å². The fourth-order valence-electron chi connectivity index (χ4n) is 0.979. The molecule has 1 aromatic rings. The molecule has 1 aromatic carbocycles. The minimum absolute atomic E-state index is 0.0356. The van der Waals surface area contributed by atoms with E-state index in [1.165, 1.54) is 18.2 Å². The van der Waals surface area contributed by atoms with Crippen molar-refractivity contribution >= 4 is 5.78 Å². The average molecular weight is 193 g/mol. The molecular formula is C10H8FNO2. The molecule has 0 fully saturated rings. The van der Waals surface area contributed by atoms with Crippen LogP contribution < -0.4 is 4.74 Å². The summed E-state index contributed by atoms with van der Waals surface area (Å²) >= 11 is 0. The molecule has 4 heteroatoms. The fraction of sp³-hybridized carbons (Fsp3) is 0.200. The van der Waals surface area contributed by atoms with E-state index in [4.69, 9.17) is 10.00 Å². The maximum absolute atomic E-state index is 13.1. The highest BCUT2D eigenvalue weighted by Crippen LogP contribution is 2.18. The minimum atomic E-state index is -0.757. The van der Waals surface area contributed by atoms with Crippen molar-refractivity contribution in [3.05, 3.63) is 29.6 Å². The van der Waals surface area contributed by atoms with Crippen LogP contribution in [0.4, 0.5) is 4.39 Å². The number of rotatable bonds is 3. The van der Waals surface area contributed by atoms with Gasteiger partial charge in [-0.2, -0.15) is 5.26 Å². The van der Waals surface area contributed by atoms with Crippen molar-refractivity contribution in [1.82, 2.24) is 0 Å². The van der Waals surface area contributed by atoms with Gasteiger partial charge in [-0.25, -0.2) is 4.39 Å². The van der Waals surface area contributed by atoms with Gasteiger partial charge >= 0.3 is 0 Å². The van der Waals surface area contributed by atoms with Gasteiger partial charge in [0.05, 0.1) is 6.61 Å². The summed E-state index contributed by atoms with van der Waals surface area (Å²) in [5.74, 6) is -1.30. The first-order chi connectivity index (χ1) is 6.69. The van der Waals surface area contributed by atoms with E-state index >= 15 is 0 Å². The highest BCUT2D eigenvalue weighted by Gasteiger charge is 2.09. The molecule has 72 valence electrons. The van der Waals surface area contributed by atoms with Crippen LogP contribution >= 0.6 is 0 Å². The van der Waals surface area contributed by atoms with Crippen molar-refractivity contribution in [2.24, 2.45) is 0 Å². The van der Waals surface area contributed by atoms with Crippen LogP contribution in [-0.4, -0.2) is 12.4 Å². The Bertz CT molecular complexity index is 396. The van der Waals surface area contributed by atoms with Crippen LogP contribution in [0.5, 0.6) is 5.75 Å². The van der Waals surface area contributed by atoms with Crippen LogP contribution in [0, 0.1) is 17.1 Å². The first-order valence-electron chi connectivity index (χ1n) is 4.05. The van der Waals surface area contributed by atoms with Crippen molar-refractivity contribution in [3.8, 4) is 11.8 Å². The lowest BCUT2D eigenvalue weighted by Gasteiger charge is -2.04. The van der Waals surface area contributed by atoms with Gasteiger partial charge in [-0.1, -0.05) is 0 Å². The van der Waals surface area contributed by atoms with Gasteiger partial charge in [0.25, 0.3) is 5.78 Å². The summed E-state index contributed by atoms with van der Waals surface area (Å²) in [6.07, 6.45) is 0. The molecule has 0 aliphatic carbocycles. The van der Waals surface area contributed by atoms with Gasteiger partial charge in [0, 0.05) is 5.56 Å². The number of hydrogen-bond acceptors (Lipinski definition) is 3. The zero-order chi connectivity index (χ0) is 10.6. The molecule has 0 aliphatic heterocycles. The summed E-state index contributed by atoms with van der Waals surface area (Å²) in [5.41, 5.74) is 0.0356. The molecule has 0 saturated heterocycles. The van der Waals surface area contributed by atoms with E-state index in [1.807, 2.05) is 0 Å². The van der Waals surface area contributed by atoms with E-state index in [2.05, 4.69) is 0 Å². The predicted octanol–water partition coefficient (Wildman–Crippen LogP) is 1.93. The van der Waals surface area contributed by atoms with Crippen LogP contribution in [0.3, 0.4) is 0 Å². The second-order valence-electron chi connectivity index (χ2n) is 2.52. The molecule has 0 amide bonds. The Balaban J connectivity index is 3.01. The van der Waals surface area contributed by atoms with Gasteiger partial charge in [-0.05, 0) is 25.1 Å². The lowest BCUT2D eigenvalue weighted by atomic mass is 10.1. The lowest BCUT2D eigenvalue weighted by molar-refractivity contribution is 0.105.